The van der Waals surface area contributed by atoms with Crippen molar-refractivity contribution in [2.75, 3.05) is 6.26 Å². The molecule has 2 rings (SSSR count). The Bertz CT molecular complexity index is 903. The minimum Gasteiger partial charge on any atom is -0.456 e. The van der Waals surface area contributed by atoms with Gasteiger partial charge in [0.15, 0.2) is 9.84 Å². The summed E-state index contributed by atoms with van der Waals surface area (Å²) in [4.78, 5) is 12.7. The van der Waals surface area contributed by atoms with Gasteiger partial charge in [-0.1, -0.05) is 18.2 Å². The number of fused-ring (bicyclic) bond motifs is 1. The van der Waals surface area contributed by atoms with Crippen molar-refractivity contribution in [3.8, 4) is 0 Å². The molecule has 2 atom stereocenters. The van der Waals surface area contributed by atoms with Crippen LogP contribution in [-0.2, 0) is 14.6 Å². The number of ether oxygens (including phenoxy) is 1. The van der Waals surface area contributed by atoms with Crippen LogP contribution in [0.5, 0.6) is 0 Å². The molecule has 2 aromatic rings. The molecule has 0 aliphatic heterocycles. The van der Waals surface area contributed by atoms with Crippen LogP contribution in [0.15, 0.2) is 24.3 Å². The van der Waals surface area contributed by atoms with Crippen molar-refractivity contribution in [1.29, 1.82) is 0 Å². The molecule has 1 heterocycles. The molecule has 2 unspecified atom stereocenters. The highest BCUT2D eigenvalue weighted by Gasteiger charge is 2.30. The topological polar surface area (TPSA) is 65.4 Å². The van der Waals surface area contributed by atoms with Gasteiger partial charge in [-0.05, 0) is 47.6 Å². The molecule has 0 saturated carbocycles. The maximum atomic E-state index is 12.7. The minimum absolute atomic E-state index is 0.309. The maximum Gasteiger partial charge on any atom is 0.341 e. The first-order valence-electron chi connectivity index (χ1n) is 8.36. The number of benzene rings is 1. The van der Waals surface area contributed by atoms with Crippen molar-refractivity contribution in [3.05, 3.63) is 35.5 Å². The second-order valence-corrected chi connectivity index (χ2v) is 10.0. The van der Waals surface area contributed by atoms with E-state index in [-0.39, 0.29) is 12.0 Å². The number of aromatic nitrogens is 1. The number of nitrogens with zero attached hydrogens (tertiary/aromatic N) is 1. The van der Waals surface area contributed by atoms with E-state index in [0.717, 1.165) is 16.6 Å². The molecule has 5 nitrogen and oxygen atoms in total. The molecule has 25 heavy (non-hydrogen) atoms. The second kappa shape index (κ2) is 6.48. The summed E-state index contributed by atoms with van der Waals surface area (Å²) < 4.78 is 31.5. The molecule has 6 heteroatoms. The Morgan fingerprint density at radius 1 is 1.16 bits per heavy atom. The van der Waals surface area contributed by atoms with Crippen LogP contribution in [0, 0.1) is 6.92 Å². The lowest BCUT2D eigenvalue weighted by Gasteiger charge is -2.23. The lowest BCUT2D eigenvalue weighted by molar-refractivity contribution is 0.00707. The summed E-state index contributed by atoms with van der Waals surface area (Å²) in [5.41, 5.74) is 1.46. The largest absolute Gasteiger partial charge is 0.456 e. The molecule has 1 aromatic carbocycles. The highest BCUT2D eigenvalue weighted by atomic mass is 32.2. The van der Waals surface area contributed by atoms with Crippen molar-refractivity contribution < 1.29 is 17.9 Å². The molecule has 0 aliphatic carbocycles. The van der Waals surface area contributed by atoms with Gasteiger partial charge in [-0.25, -0.2) is 13.2 Å². The third kappa shape index (κ3) is 3.89. The third-order valence-electron chi connectivity index (χ3n) is 4.52. The van der Waals surface area contributed by atoms with E-state index in [2.05, 4.69) is 0 Å². The van der Waals surface area contributed by atoms with Crippen LogP contribution >= 0.6 is 0 Å². The van der Waals surface area contributed by atoms with Crippen molar-refractivity contribution in [3.63, 3.8) is 0 Å². The Kier molecular flexibility index (Phi) is 5.06. The van der Waals surface area contributed by atoms with Crippen molar-refractivity contribution >= 4 is 26.7 Å². The Balaban J connectivity index is 2.68. The lowest BCUT2D eigenvalue weighted by atomic mass is 10.1. The number of sulfone groups is 1. The summed E-state index contributed by atoms with van der Waals surface area (Å²) in [6.45, 7) is 10.9. The smallest absolute Gasteiger partial charge is 0.341 e. The van der Waals surface area contributed by atoms with Gasteiger partial charge in [-0.3, -0.25) is 0 Å². The number of carbonyl (C=O) groups excluding carboxylic acids is 1. The molecular formula is C19H27NO4S. The fraction of sp³-hybridized carbons (Fsp3) is 0.526. The number of para-hydroxylation sites is 1. The van der Waals surface area contributed by atoms with Crippen molar-refractivity contribution in [1.82, 2.24) is 4.57 Å². The molecule has 0 spiro atoms. The normalized spacial score (nSPS) is 15.2. The van der Waals surface area contributed by atoms with Gasteiger partial charge in [-0.2, -0.15) is 0 Å². The van der Waals surface area contributed by atoms with Crippen LogP contribution in [0.2, 0.25) is 0 Å². The van der Waals surface area contributed by atoms with Gasteiger partial charge >= 0.3 is 5.97 Å². The zero-order valence-electron chi connectivity index (χ0n) is 16.0. The van der Waals surface area contributed by atoms with Gasteiger partial charge < -0.3 is 9.30 Å². The predicted molar refractivity (Wildman–Crippen MR) is 101 cm³/mol. The van der Waals surface area contributed by atoms with Crippen LogP contribution in [0.3, 0.4) is 0 Å². The number of rotatable bonds is 4. The lowest BCUT2D eigenvalue weighted by Crippen LogP contribution is -2.28. The van der Waals surface area contributed by atoms with Crippen molar-refractivity contribution in [2.24, 2.45) is 0 Å². The molecule has 0 saturated heterocycles. The molecule has 1 aromatic heterocycles. The monoisotopic (exact) mass is 365 g/mol. The van der Waals surface area contributed by atoms with Crippen molar-refractivity contribution in [2.45, 2.75) is 58.4 Å². The first-order valence-corrected chi connectivity index (χ1v) is 10.3. The van der Waals surface area contributed by atoms with Gasteiger partial charge in [0.2, 0.25) is 0 Å². The summed E-state index contributed by atoms with van der Waals surface area (Å²) in [5, 5.41) is 0.204. The average molecular weight is 365 g/mol. The van der Waals surface area contributed by atoms with E-state index in [9.17, 15) is 13.2 Å². The average Bonchev–Trinajstić information content (AvgIpc) is 2.75. The fourth-order valence-corrected chi connectivity index (χ4v) is 3.91. The van der Waals surface area contributed by atoms with Crippen LogP contribution in [0.1, 0.15) is 56.7 Å². The van der Waals surface area contributed by atoms with Crippen LogP contribution in [0.4, 0.5) is 0 Å². The number of carbonyl (C=O) groups is 1. The molecule has 0 amide bonds. The molecule has 0 N–H and O–H groups in total. The Hall–Kier alpha value is -1.82. The van der Waals surface area contributed by atoms with Crippen LogP contribution in [-0.4, -0.2) is 36.1 Å². The summed E-state index contributed by atoms with van der Waals surface area (Å²) in [5.74, 6) is -0.390. The first-order chi connectivity index (χ1) is 11.3. The summed E-state index contributed by atoms with van der Waals surface area (Å²) in [6, 6.07) is 7.22. The number of esters is 1. The Morgan fingerprint density at radius 2 is 1.72 bits per heavy atom. The molecular weight excluding hydrogens is 338 g/mol. The highest BCUT2D eigenvalue weighted by Crippen LogP contribution is 2.32. The summed E-state index contributed by atoms with van der Waals surface area (Å²) in [6.07, 6.45) is 1.24. The van der Waals surface area contributed by atoms with Gasteiger partial charge in [0, 0.05) is 28.9 Å². The van der Waals surface area contributed by atoms with Gasteiger partial charge in [0.1, 0.15) is 5.60 Å². The number of hydrogen-bond donors (Lipinski definition) is 0. The highest BCUT2D eigenvalue weighted by molar-refractivity contribution is 7.91. The fourth-order valence-electron chi connectivity index (χ4n) is 3.07. The van der Waals surface area contributed by atoms with Gasteiger partial charge in [-0.15, -0.1) is 0 Å². The Labute approximate surface area is 149 Å². The van der Waals surface area contributed by atoms with E-state index in [1.165, 1.54) is 6.26 Å². The van der Waals surface area contributed by atoms with E-state index in [0.29, 0.717) is 5.56 Å². The van der Waals surface area contributed by atoms with E-state index in [1.54, 1.807) is 6.92 Å². The molecule has 0 fully saturated rings. The summed E-state index contributed by atoms with van der Waals surface area (Å²) >= 11 is 0. The van der Waals surface area contributed by atoms with Gasteiger partial charge in [0.25, 0.3) is 0 Å². The van der Waals surface area contributed by atoms with E-state index >= 15 is 0 Å². The summed E-state index contributed by atoms with van der Waals surface area (Å²) in [7, 11) is -3.21. The Morgan fingerprint density at radius 3 is 2.24 bits per heavy atom. The molecule has 138 valence electrons. The minimum atomic E-state index is -3.21. The number of hydrogen-bond acceptors (Lipinski definition) is 4. The zero-order chi connectivity index (χ0) is 19.2. The maximum absolute atomic E-state index is 12.7. The quantitative estimate of drug-likeness (QED) is 0.771. The molecule has 0 aliphatic rings. The molecule has 0 radical (unpaired) electrons. The van der Waals surface area contributed by atoms with Gasteiger partial charge in [0.05, 0.1) is 10.8 Å². The third-order valence-corrected chi connectivity index (χ3v) is 6.27. The molecule has 0 bridgehead atoms. The first kappa shape index (κ1) is 19.5. The van der Waals surface area contributed by atoms with E-state index < -0.39 is 20.7 Å². The second-order valence-electron chi connectivity index (χ2n) is 7.62. The zero-order valence-corrected chi connectivity index (χ0v) is 16.8. The van der Waals surface area contributed by atoms with Crippen LogP contribution in [0.25, 0.3) is 10.9 Å². The van der Waals surface area contributed by atoms with E-state index in [1.807, 2.05) is 63.5 Å². The van der Waals surface area contributed by atoms with Crippen LogP contribution < -0.4 is 0 Å². The van der Waals surface area contributed by atoms with E-state index in [4.69, 9.17) is 4.74 Å². The SMILES string of the molecule is Cc1c(C(=O)OC(C)(C)C)c2ccccc2n1C(C)C(C)S(C)(=O)=O. The standard InChI is InChI=1S/C19H27NO4S/c1-12(14(3)25(7,22)23)20-13(2)17(18(21)24-19(4,5)6)15-10-8-9-11-16(15)20/h8-12,14H,1-7H3. The predicted octanol–water partition coefficient (Wildman–Crippen LogP) is 3.90.